The van der Waals surface area contributed by atoms with E-state index in [-0.39, 0.29) is 5.91 Å². The zero-order chi connectivity index (χ0) is 13.7. The maximum atomic E-state index is 12.2. The second kappa shape index (κ2) is 7.50. The topological polar surface area (TPSA) is 55.6 Å². The van der Waals surface area contributed by atoms with E-state index < -0.39 is 0 Å². The molecule has 0 aliphatic carbocycles. The first kappa shape index (κ1) is 15.1. The van der Waals surface area contributed by atoms with E-state index in [0.29, 0.717) is 30.4 Å². The van der Waals surface area contributed by atoms with Crippen molar-refractivity contribution in [2.75, 3.05) is 31.2 Å². The lowest BCUT2D eigenvalue weighted by Gasteiger charge is -2.24. The SMILES string of the molecule is CC1CC(CN)CN1C(=O)CSCC1CCCCO1. The summed E-state index contributed by atoms with van der Waals surface area (Å²) in [6.45, 7) is 4.55. The fourth-order valence-corrected chi connectivity index (χ4v) is 3.94. The molecule has 3 atom stereocenters. The molecule has 5 heteroatoms. The van der Waals surface area contributed by atoms with Crippen LogP contribution in [0.15, 0.2) is 0 Å². The molecule has 2 N–H and O–H groups in total. The highest BCUT2D eigenvalue weighted by molar-refractivity contribution is 7.99. The number of nitrogens with zero attached hydrogens (tertiary/aromatic N) is 1. The van der Waals surface area contributed by atoms with Crippen molar-refractivity contribution in [3.8, 4) is 0 Å². The van der Waals surface area contributed by atoms with Gasteiger partial charge in [0.25, 0.3) is 0 Å². The standard InChI is InChI=1S/C14H26N2O2S/c1-11-6-12(7-15)8-16(11)14(17)10-19-9-13-4-2-3-5-18-13/h11-13H,2-10,15H2,1H3. The van der Waals surface area contributed by atoms with Gasteiger partial charge in [0.1, 0.15) is 0 Å². The summed E-state index contributed by atoms with van der Waals surface area (Å²) < 4.78 is 5.68. The minimum absolute atomic E-state index is 0.268. The van der Waals surface area contributed by atoms with Crippen LogP contribution in [-0.4, -0.2) is 54.2 Å². The van der Waals surface area contributed by atoms with E-state index in [1.165, 1.54) is 12.8 Å². The Kier molecular flexibility index (Phi) is 5.98. The van der Waals surface area contributed by atoms with Crippen molar-refractivity contribution in [2.45, 2.75) is 44.8 Å². The molecule has 0 radical (unpaired) electrons. The number of nitrogens with two attached hydrogens (primary N) is 1. The number of likely N-dealkylation sites (tertiary alicyclic amines) is 1. The second-order valence-electron chi connectivity index (χ2n) is 5.74. The number of carbonyl (C=O) groups is 1. The summed E-state index contributed by atoms with van der Waals surface area (Å²) in [6, 6.07) is 0.354. The van der Waals surface area contributed by atoms with Crippen molar-refractivity contribution in [2.24, 2.45) is 11.7 Å². The van der Waals surface area contributed by atoms with Crippen LogP contribution in [0.4, 0.5) is 0 Å². The monoisotopic (exact) mass is 286 g/mol. The van der Waals surface area contributed by atoms with Gasteiger partial charge in [0, 0.05) is 24.9 Å². The number of rotatable bonds is 5. The summed E-state index contributed by atoms with van der Waals surface area (Å²) >= 11 is 1.72. The van der Waals surface area contributed by atoms with Gasteiger partial charge in [-0.25, -0.2) is 0 Å². The van der Waals surface area contributed by atoms with Crippen LogP contribution in [0.5, 0.6) is 0 Å². The first-order valence-electron chi connectivity index (χ1n) is 7.39. The van der Waals surface area contributed by atoms with Crippen molar-refractivity contribution in [1.82, 2.24) is 4.90 Å². The van der Waals surface area contributed by atoms with Gasteiger partial charge in [-0.15, -0.1) is 11.8 Å². The third-order valence-electron chi connectivity index (χ3n) is 4.12. The Morgan fingerprint density at radius 2 is 2.32 bits per heavy atom. The van der Waals surface area contributed by atoms with E-state index in [9.17, 15) is 4.79 Å². The normalized spacial score (nSPS) is 31.7. The van der Waals surface area contributed by atoms with Gasteiger partial charge in [-0.3, -0.25) is 4.79 Å². The highest BCUT2D eigenvalue weighted by atomic mass is 32.2. The summed E-state index contributed by atoms with van der Waals surface area (Å²) in [5.74, 6) is 2.30. The Labute approximate surface area is 120 Å². The highest BCUT2D eigenvalue weighted by Gasteiger charge is 2.31. The van der Waals surface area contributed by atoms with Crippen LogP contribution in [0.2, 0.25) is 0 Å². The molecular formula is C14H26N2O2S. The summed E-state index contributed by atoms with van der Waals surface area (Å²) in [7, 11) is 0. The van der Waals surface area contributed by atoms with Crippen molar-refractivity contribution >= 4 is 17.7 Å². The molecule has 0 aromatic carbocycles. The van der Waals surface area contributed by atoms with E-state index in [4.69, 9.17) is 10.5 Å². The second-order valence-corrected chi connectivity index (χ2v) is 6.77. The van der Waals surface area contributed by atoms with Gasteiger partial charge in [-0.2, -0.15) is 0 Å². The van der Waals surface area contributed by atoms with E-state index in [2.05, 4.69) is 6.92 Å². The molecule has 3 unspecified atom stereocenters. The zero-order valence-electron chi connectivity index (χ0n) is 11.8. The molecule has 2 saturated heterocycles. The van der Waals surface area contributed by atoms with E-state index in [1.807, 2.05) is 4.90 Å². The number of hydrogen-bond acceptors (Lipinski definition) is 4. The van der Waals surface area contributed by atoms with Gasteiger partial charge < -0.3 is 15.4 Å². The molecule has 0 saturated carbocycles. The Morgan fingerprint density at radius 1 is 1.47 bits per heavy atom. The maximum absolute atomic E-state index is 12.2. The maximum Gasteiger partial charge on any atom is 0.232 e. The number of ether oxygens (including phenoxy) is 1. The molecule has 0 aromatic rings. The quantitative estimate of drug-likeness (QED) is 0.832. The lowest BCUT2D eigenvalue weighted by atomic mass is 10.1. The summed E-state index contributed by atoms with van der Waals surface area (Å²) in [5, 5.41) is 0. The Bertz CT molecular complexity index is 295. The fraction of sp³-hybridized carbons (Fsp3) is 0.929. The Balaban J connectivity index is 1.66. The van der Waals surface area contributed by atoms with Crippen molar-refractivity contribution in [1.29, 1.82) is 0 Å². The van der Waals surface area contributed by atoms with Crippen LogP contribution >= 0.6 is 11.8 Å². The first-order valence-corrected chi connectivity index (χ1v) is 8.55. The Hall–Kier alpha value is -0.260. The predicted octanol–water partition coefficient (Wildman–Crippen LogP) is 1.48. The van der Waals surface area contributed by atoms with Gasteiger partial charge in [-0.05, 0) is 45.1 Å². The van der Waals surface area contributed by atoms with Gasteiger partial charge in [0.05, 0.1) is 11.9 Å². The van der Waals surface area contributed by atoms with Crippen LogP contribution < -0.4 is 5.73 Å². The van der Waals surface area contributed by atoms with E-state index in [1.54, 1.807) is 11.8 Å². The molecule has 2 aliphatic heterocycles. The summed E-state index contributed by atoms with van der Waals surface area (Å²) in [4.78, 5) is 14.2. The van der Waals surface area contributed by atoms with Crippen molar-refractivity contribution < 1.29 is 9.53 Å². The highest BCUT2D eigenvalue weighted by Crippen LogP contribution is 2.23. The van der Waals surface area contributed by atoms with Crippen molar-refractivity contribution in [3.63, 3.8) is 0 Å². The van der Waals surface area contributed by atoms with Gasteiger partial charge in [0.2, 0.25) is 5.91 Å². The minimum Gasteiger partial charge on any atom is -0.377 e. The zero-order valence-corrected chi connectivity index (χ0v) is 12.7. The van der Waals surface area contributed by atoms with Crippen LogP contribution in [0.25, 0.3) is 0 Å². The minimum atomic E-state index is 0.268. The Morgan fingerprint density at radius 3 is 2.95 bits per heavy atom. The lowest BCUT2D eigenvalue weighted by molar-refractivity contribution is -0.128. The van der Waals surface area contributed by atoms with Crippen LogP contribution in [0.1, 0.15) is 32.6 Å². The van der Waals surface area contributed by atoms with Gasteiger partial charge in [-0.1, -0.05) is 0 Å². The molecule has 0 bridgehead atoms. The molecule has 110 valence electrons. The van der Waals surface area contributed by atoms with Gasteiger partial charge in [0.15, 0.2) is 0 Å². The van der Waals surface area contributed by atoms with E-state index in [0.717, 1.165) is 31.7 Å². The third kappa shape index (κ3) is 4.36. The number of hydrogen-bond donors (Lipinski definition) is 1. The number of amides is 1. The molecule has 0 aromatic heterocycles. The van der Waals surface area contributed by atoms with Crippen LogP contribution in [0, 0.1) is 5.92 Å². The van der Waals surface area contributed by atoms with Crippen LogP contribution in [0.3, 0.4) is 0 Å². The van der Waals surface area contributed by atoms with Crippen LogP contribution in [-0.2, 0) is 9.53 Å². The summed E-state index contributed by atoms with van der Waals surface area (Å²) in [5.41, 5.74) is 5.70. The largest absolute Gasteiger partial charge is 0.377 e. The molecule has 19 heavy (non-hydrogen) atoms. The first-order chi connectivity index (χ1) is 9.20. The van der Waals surface area contributed by atoms with Gasteiger partial charge >= 0.3 is 0 Å². The molecule has 2 rings (SSSR count). The number of thioether (sulfide) groups is 1. The van der Waals surface area contributed by atoms with E-state index >= 15 is 0 Å². The molecular weight excluding hydrogens is 260 g/mol. The third-order valence-corrected chi connectivity index (χ3v) is 5.18. The molecule has 2 fully saturated rings. The average molecular weight is 286 g/mol. The number of carbonyl (C=O) groups excluding carboxylic acids is 1. The van der Waals surface area contributed by atoms with Crippen molar-refractivity contribution in [3.05, 3.63) is 0 Å². The molecule has 2 heterocycles. The predicted molar refractivity (Wildman–Crippen MR) is 79.3 cm³/mol. The lowest BCUT2D eigenvalue weighted by Crippen LogP contribution is -2.36. The molecule has 2 aliphatic rings. The fourth-order valence-electron chi connectivity index (χ4n) is 2.96. The average Bonchev–Trinajstić information content (AvgIpc) is 2.81. The molecule has 4 nitrogen and oxygen atoms in total. The summed E-state index contributed by atoms with van der Waals surface area (Å²) in [6.07, 6.45) is 5.01. The molecule has 0 spiro atoms. The molecule has 1 amide bonds. The smallest absolute Gasteiger partial charge is 0.232 e.